The second kappa shape index (κ2) is 9.08. The average molecular weight is 425 g/mol. The third kappa shape index (κ3) is 4.53. The van der Waals surface area contributed by atoms with Gasteiger partial charge in [0.05, 0.1) is 24.3 Å². The smallest absolute Gasteiger partial charge is 0.335 e. The van der Waals surface area contributed by atoms with E-state index in [9.17, 15) is 24.5 Å². The van der Waals surface area contributed by atoms with Crippen molar-refractivity contribution >= 4 is 35.3 Å². The summed E-state index contributed by atoms with van der Waals surface area (Å²) in [7, 11) is 1.47. The van der Waals surface area contributed by atoms with Crippen molar-refractivity contribution in [2.45, 2.75) is 13.3 Å². The Hall–Kier alpha value is -4.21. The lowest BCUT2D eigenvalue weighted by atomic mass is 10.1. The zero-order chi connectivity index (χ0) is 22.5. The summed E-state index contributed by atoms with van der Waals surface area (Å²) >= 11 is 0. The number of hydrogen-bond donors (Lipinski definition) is 1. The summed E-state index contributed by atoms with van der Waals surface area (Å²) in [5.41, 5.74) is 0.102. The summed E-state index contributed by atoms with van der Waals surface area (Å²) in [5, 5.41) is 12.9. The van der Waals surface area contributed by atoms with E-state index in [1.807, 2.05) is 6.92 Å². The van der Waals surface area contributed by atoms with Crippen molar-refractivity contribution in [1.82, 2.24) is 5.32 Å². The molecule has 10 nitrogen and oxygen atoms in total. The van der Waals surface area contributed by atoms with Crippen LogP contribution in [0.1, 0.15) is 18.9 Å². The lowest BCUT2D eigenvalue weighted by molar-refractivity contribution is -0.384. The Kier molecular flexibility index (Phi) is 6.29. The molecule has 0 radical (unpaired) electrons. The van der Waals surface area contributed by atoms with Crippen LogP contribution in [0.15, 0.2) is 48.0 Å². The maximum absolute atomic E-state index is 12.9. The number of nitrogens with one attached hydrogen (secondary N) is 1. The van der Waals surface area contributed by atoms with Crippen LogP contribution in [0.2, 0.25) is 0 Å². The summed E-state index contributed by atoms with van der Waals surface area (Å²) in [4.78, 5) is 48.4. The molecule has 3 rings (SSSR count). The molecule has 160 valence electrons. The molecule has 1 fully saturated rings. The van der Waals surface area contributed by atoms with Crippen molar-refractivity contribution in [2.24, 2.45) is 0 Å². The van der Waals surface area contributed by atoms with Gasteiger partial charge in [0.1, 0.15) is 5.57 Å². The van der Waals surface area contributed by atoms with Crippen LogP contribution in [0.4, 0.5) is 16.2 Å². The highest BCUT2D eigenvalue weighted by Crippen LogP contribution is 2.30. The molecule has 0 aliphatic carbocycles. The molecular weight excluding hydrogens is 406 g/mol. The highest BCUT2D eigenvalue weighted by atomic mass is 16.6. The van der Waals surface area contributed by atoms with E-state index in [-0.39, 0.29) is 16.9 Å². The predicted molar refractivity (Wildman–Crippen MR) is 111 cm³/mol. The molecule has 2 aromatic rings. The Bertz CT molecular complexity index is 1080. The van der Waals surface area contributed by atoms with Gasteiger partial charge in [-0.2, -0.15) is 0 Å². The van der Waals surface area contributed by atoms with E-state index in [0.717, 1.165) is 23.5 Å². The fraction of sp³-hybridized carbons (Fsp3) is 0.190. The number of imide groups is 2. The van der Waals surface area contributed by atoms with Crippen molar-refractivity contribution < 1.29 is 28.8 Å². The maximum atomic E-state index is 12.9. The molecule has 1 aliphatic heterocycles. The van der Waals surface area contributed by atoms with Gasteiger partial charge < -0.3 is 9.47 Å². The number of benzene rings is 2. The van der Waals surface area contributed by atoms with Crippen molar-refractivity contribution in [3.05, 3.63) is 63.7 Å². The number of nitrogens with zero attached hydrogens (tertiary/aromatic N) is 2. The number of anilines is 1. The van der Waals surface area contributed by atoms with Gasteiger partial charge in [0.2, 0.25) is 0 Å². The van der Waals surface area contributed by atoms with Gasteiger partial charge in [-0.3, -0.25) is 25.0 Å². The molecule has 1 heterocycles. The molecular formula is C21H19N3O7. The normalized spacial score (nSPS) is 15.1. The summed E-state index contributed by atoms with van der Waals surface area (Å²) < 4.78 is 10.9. The van der Waals surface area contributed by atoms with Crippen molar-refractivity contribution in [3.63, 3.8) is 0 Å². The fourth-order valence-electron chi connectivity index (χ4n) is 2.89. The number of carbonyl (C=O) groups is 3. The van der Waals surface area contributed by atoms with Crippen LogP contribution in [0.25, 0.3) is 6.08 Å². The highest BCUT2D eigenvalue weighted by molar-refractivity contribution is 6.39. The fourth-order valence-corrected chi connectivity index (χ4v) is 2.89. The largest absolute Gasteiger partial charge is 0.493 e. The third-order valence-corrected chi connectivity index (χ3v) is 4.38. The number of carbonyl (C=O) groups excluding carboxylic acids is 3. The van der Waals surface area contributed by atoms with Gasteiger partial charge in [-0.15, -0.1) is 0 Å². The van der Waals surface area contributed by atoms with Gasteiger partial charge in [-0.1, -0.05) is 13.0 Å². The first kappa shape index (κ1) is 21.5. The molecule has 1 aliphatic rings. The van der Waals surface area contributed by atoms with E-state index in [1.165, 1.54) is 25.3 Å². The van der Waals surface area contributed by atoms with Gasteiger partial charge in [0.25, 0.3) is 17.5 Å². The van der Waals surface area contributed by atoms with Crippen LogP contribution in [0.5, 0.6) is 11.5 Å². The van der Waals surface area contributed by atoms with Gasteiger partial charge in [-0.25, -0.2) is 9.69 Å². The van der Waals surface area contributed by atoms with Crippen LogP contribution >= 0.6 is 0 Å². The van der Waals surface area contributed by atoms with Crippen molar-refractivity contribution in [1.29, 1.82) is 0 Å². The Morgan fingerprint density at radius 3 is 2.42 bits per heavy atom. The first-order chi connectivity index (χ1) is 14.8. The molecule has 0 aromatic heterocycles. The number of methoxy groups -OCH3 is 1. The number of barbiturate groups is 1. The third-order valence-electron chi connectivity index (χ3n) is 4.38. The Labute approximate surface area is 177 Å². The van der Waals surface area contributed by atoms with E-state index in [2.05, 4.69) is 5.32 Å². The van der Waals surface area contributed by atoms with Gasteiger partial charge in [0, 0.05) is 12.1 Å². The number of nitro benzene ring substituents is 1. The highest BCUT2D eigenvalue weighted by Gasteiger charge is 2.37. The topological polar surface area (TPSA) is 128 Å². The molecule has 0 unspecified atom stereocenters. The van der Waals surface area contributed by atoms with Crippen LogP contribution < -0.4 is 19.7 Å². The zero-order valence-corrected chi connectivity index (χ0v) is 16.8. The standard InChI is InChI=1S/C21H19N3O7/c1-3-10-31-17-9-4-13(12-18(17)30-2)11-16-19(25)22-21(27)23(20(16)26)14-5-7-15(8-6-14)24(28)29/h4-9,11-12H,3,10H2,1-2H3,(H,22,25,27)/b16-11+. The monoisotopic (exact) mass is 425 g/mol. The number of ether oxygens (including phenoxy) is 2. The molecule has 0 bridgehead atoms. The molecule has 0 spiro atoms. The maximum Gasteiger partial charge on any atom is 0.335 e. The van der Waals surface area contributed by atoms with Crippen LogP contribution in [-0.2, 0) is 9.59 Å². The Morgan fingerprint density at radius 1 is 1.10 bits per heavy atom. The minimum absolute atomic E-state index is 0.0902. The lowest BCUT2D eigenvalue weighted by Crippen LogP contribution is -2.54. The molecule has 2 aromatic carbocycles. The molecule has 1 saturated heterocycles. The summed E-state index contributed by atoms with van der Waals surface area (Å²) in [6, 6.07) is 8.80. The predicted octanol–water partition coefficient (Wildman–Crippen LogP) is 3.06. The number of hydrogen-bond acceptors (Lipinski definition) is 7. The van der Waals surface area contributed by atoms with Gasteiger partial charge in [0.15, 0.2) is 11.5 Å². The number of nitro groups is 1. The first-order valence-electron chi connectivity index (χ1n) is 9.32. The van der Waals surface area contributed by atoms with E-state index in [0.29, 0.717) is 23.7 Å². The Balaban J connectivity index is 1.94. The molecule has 0 saturated carbocycles. The summed E-state index contributed by atoms with van der Waals surface area (Å²) in [6.45, 7) is 2.47. The minimum atomic E-state index is -0.943. The van der Waals surface area contributed by atoms with E-state index >= 15 is 0 Å². The van der Waals surface area contributed by atoms with Crippen LogP contribution in [-0.4, -0.2) is 36.5 Å². The zero-order valence-electron chi connectivity index (χ0n) is 16.8. The van der Waals surface area contributed by atoms with Crippen molar-refractivity contribution in [3.8, 4) is 11.5 Å². The number of rotatable bonds is 7. The van der Waals surface area contributed by atoms with Crippen molar-refractivity contribution in [2.75, 3.05) is 18.6 Å². The van der Waals surface area contributed by atoms with Gasteiger partial charge >= 0.3 is 6.03 Å². The van der Waals surface area contributed by atoms with E-state index in [1.54, 1.807) is 18.2 Å². The van der Waals surface area contributed by atoms with Crippen LogP contribution in [0.3, 0.4) is 0 Å². The van der Waals surface area contributed by atoms with E-state index in [4.69, 9.17) is 9.47 Å². The number of non-ortho nitro benzene ring substituents is 1. The molecule has 1 N–H and O–H groups in total. The van der Waals surface area contributed by atoms with Crippen LogP contribution in [0, 0.1) is 10.1 Å². The molecule has 10 heteroatoms. The van der Waals surface area contributed by atoms with Gasteiger partial charge in [-0.05, 0) is 42.3 Å². The Morgan fingerprint density at radius 2 is 1.81 bits per heavy atom. The molecule has 0 atom stereocenters. The molecule has 31 heavy (non-hydrogen) atoms. The second-order valence-electron chi connectivity index (χ2n) is 6.49. The molecule has 4 amide bonds. The lowest BCUT2D eigenvalue weighted by Gasteiger charge is -2.26. The summed E-state index contributed by atoms with van der Waals surface area (Å²) in [5.74, 6) is -0.755. The number of urea groups is 1. The average Bonchev–Trinajstić information content (AvgIpc) is 2.75. The first-order valence-corrected chi connectivity index (χ1v) is 9.32. The minimum Gasteiger partial charge on any atom is -0.493 e. The second-order valence-corrected chi connectivity index (χ2v) is 6.49. The number of amides is 4. The summed E-state index contributed by atoms with van der Waals surface area (Å²) in [6.07, 6.45) is 2.14. The SMILES string of the molecule is CCCOc1ccc(/C=C2\C(=O)NC(=O)N(c3ccc([N+](=O)[O-])cc3)C2=O)cc1OC. The quantitative estimate of drug-likeness (QED) is 0.312. The van der Waals surface area contributed by atoms with E-state index < -0.39 is 22.8 Å².